The Morgan fingerprint density at radius 3 is 2.65 bits per heavy atom. The van der Waals surface area contributed by atoms with Crippen molar-refractivity contribution >= 4 is 22.3 Å². The molecular formula is C20H18N4O2. The quantitative estimate of drug-likeness (QED) is 0.677. The van der Waals surface area contributed by atoms with Crippen LogP contribution in [0.15, 0.2) is 65.2 Å². The number of rotatable bonds is 4. The van der Waals surface area contributed by atoms with Crippen molar-refractivity contribution in [3.8, 4) is 0 Å². The van der Waals surface area contributed by atoms with Crippen molar-refractivity contribution in [3.05, 3.63) is 82.1 Å². The summed E-state index contributed by atoms with van der Waals surface area (Å²) in [5.41, 5.74) is 1.73. The van der Waals surface area contributed by atoms with Crippen LogP contribution in [0, 0.1) is 5.41 Å². The van der Waals surface area contributed by atoms with E-state index in [9.17, 15) is 9.90 Å². The molecule has 1 aromatic heterocycles. The number of fused-ring (bicyclic) bond motifs is 1. The molecule has 1 aliphatic rings. The van der Waals surface area contributed by atoms with Crippen molar-refractivity contribution in [2.75, 3.05) is 13.1 Å². The van der Waals surface area contributed by atoms with Crippen LogP contribution in [0.1, 0.15) is 11.4 Å². The lowest BCUT2D eigenvalue weighted by Gasteiger charge is -2.18. The van der Waals surface area contributed by atoms with Gasteiger partial charge in [-0.2, -0.15) is 0 Å². The zero-order chi connectivity index (χ0) is 18.1. The molecular weight excluding hydrogens is 328 g/mol. The van der Waals surface area contributed by atoms with Gasteiger partial charge in [-0.3, -0.25) is 10.2 Å². The minimum absolute atomic E-state index is 0.0569. The molecule has 3 aromatic rings. The van der Waals surface area contributed by atoms with Crippen molar-refractivity contribution < 1.29 is 5.11 Å². The summed E-state index contributed by atoms with van der Waals surface area (Å²) in [6.07, 6.45) is 0.769. The third kappa shape index (κ3) is 2.86. The van der Waals surface area contributed by atoms with E-state index in [-0.39, 0.29) is 29.5 Å². The average Bonchev–Trinajstić information content (AvgIpc) is 2.94. The molecule has 130 valence electrons. The largest absolute Gasteiger partial charge is 0.510 e. The third-order valence-corrected chi connectivity index (χ3v) is 4.55. The average molecular weight is 346 g/mol. The third-order valence-electron chi connectivity index (χ3n) is 4.55. The Morgan fingerprint density at radius 2 is 1.85 bits per heavy atom. The van der Waals surface area contributed by atoms with Crippen LogP contribution < -0.4 is 5.56 Å². The Morgan fingerprint density at radius 1 is 1.12 bits per heavy atom. The molecule has 4 rings (SSSR count). The van der Waals surface area contributed by atoms with Crippen LogP contribution in [-0.4, -0.2) is 38.9 Å². The first-order valence-corrected chi connectivity index (χ1v) is 8.43. The molecule has 0 saturated carbocycles. The molecule has 6 heteroatoms. The zero-order valence-electron chi connectivity index (χ0n) is 14.1. The van der Waals surface area contributed by atoms with Gasteiger partial charge in [0.05, 0.1) is 23.0 Å². The van der Waals surface area contributed by atoms with Crippen LogP contribution in [0.5, 0.6) is 0 Å². The van der Waals surface area contributed by atoms with Gasteiger partial charge in [0.15, 0.2) is 0 Å². The first kappa shape index (κ1) is 16.1. The second-order valence-corrected chi connectivity index (χ2v) is 6.26. The van der Waals surface area contributed by atoms with Crippen molar-refractivity contribution in [2.24, 2.45) is 0 Å². The standard InChI is InChI=1S/C20H18N4O2/c21-18-17(19-22-15-9-5-4-8-14(15)20(26)23-19)16(25)12-24(18)11-10-13-6-2-1-3-7-13/h1-9,21,25H,10-12H2,(H,22,23,26). The van der Waals surface area contributed by atoms with E-state index in [0.717, 1.165) is 6.42 Å². The first-order valence-electron chi connectivity index (χ1n) is 8.43. The molecule has 1 aliphatic heterocycles. The number of aromatic amines is 1. The van der Waals surface area contributed by atoms with Crippen LogP contribution in [0.4, 0.5) is 0 Å². The van der Waals surface area contributed by atoms with Crippen LogP contribution >= 0.6 is 0 Å². The normalized spacial score (nSPS) is 14.5. The fourth-order valence-corrected chi connectivity index (χ4v) is 3.19. The molecule has 3 N–H and O–H groups in total. The van der Waals surface area contributed by atoms with Crippen LogP contribution in [0.25, 0.3) is 16.5 Å². The fourth-order valence-electron chi connectivity index (χ4n) is 3.19. The number of H-pyrrole nitrogens is 1. The number of aliphatic hydroxyl groups is 1. The number of para-hydroxylation sites is 1. The van der Waals surface area contributed by atoms with Crippen LogP contribution in [0.2, 0.25) is 0 Å². The van der Waals surface area contributed by atoms with Gasteiger partial charge in [-0.1, -0.05) is 42.5 Å². The molecule has 6 nitrogen and oxygen atoms in total. The second kappa shape index (κ2) is 6.48. The molecule has 0 spiro atoms. The maximum Gasteiger partial charge on any atom is 0.259 e. The van der Waals surface area contributed by atoms with Gasteiger partial charge in [-0.25, -0.2) is 4.98 Å². The van der Waals surface area contributed by atoms with Gasteiger partial charge >= 0.3 is 0 Å². The Balaban J connectivity index is 1.60. The maximum absolute atomic E-state index is 12.3. The van der Waals surface area contributed by atoms with E-state index in [1.54, 1.807) is 29.2 Å². The summed E-state index contributed by atoms with van der Waals surface area (Å²) in [5.74, 6) is 0.469. The van der Waals surface area contributed by atoms with Gasteiger partial charge in [0.25, 0.3) is 5.56 Å². The summed E-state index contributed by atoms with van der Waals surface area (Å²) in [6.45, 7) is 0.853. The number of aliphatic hydroxyl groups excluding tert-OH is 1. The van der Waals surface area contributed by atoms with Crippen molar-refractivity contribution in [1.82, 2.24) is 14.9 Å². The van der Waals surface area contributed by atoms with E-state index >= 15 is 0 Å². The van der Waals surface area contributed by atoms with Crippen molar-refractivity contribution in [2.45, 2.75) is 6.42 Å². The van der Waals surface area contributed by atoms with Gasteiger partial charge in [0.2, 0.25) is 0 Å². The van der Waals surface area contributed by atoms with E-state index in [1.807, 2.05) is 30.3 Å². The van der Waals surface area contributed by atoms with E-state index in [0.29, 0.717) is 23.0 Å². The Bertz CT molecular complexity index is 1070. The number of aromatic nitrogens is 2. The summed E-state index contributed by atoms with van der Waals surface area (Å²) in [4.78, 5) is 21.2. The molecule has 0 bridgehead atoms. The molecule has 0 aliphatic carbocycles. The zero-order valence-corrected chi connectivity index (χ0v) is 14.1. The highest BCUT2D eigenvalue weighted by Gasteiger charge is 2.29. The van der Waals surface area contributed by atoms with Gasteiger partial charge in [-0.15, -0.1) is 0 Å². The predicted molar refractivity (Wildman–Crippen MR) is 101 cm³/mol. The lowest BCUT2D eigenvalue weighted by atomic mass is 10.1. The molecule has 0 radical (unpaired) electrons. The molecule has 2 heterocycles. The Kier molecular flexibility index (Phi) is 4.01. The van der Waals surface area contributed by atoms with Crippen LogP contribution in [-0.2, 0) is 6.42 Å². The number of amidine groups is 1. The minimum atomic E-state index is -0.276. The smallest absolute Gasteiger partial charge is 0.259 e. The number of hydrogen-bond acceptors (Lipinski definition) is 4. The SMILES string of the molecule is N=C1C(c2nc3ccccc3c(=O)[nH]2)=C(O)CN1CCc1ccccc1. The van der Waals surface area contributed by atoms with Crippen LogP contribution in [0.3, 0.4) is 0 Å². The molecule has 0 atom stereocenters. The summed E-state index contributed by atoms with van der Waals surface area (Å²) >= 11 is 0. The predicted octanol–water partition coefficient (Wildman–Crippen LogP) is 2.73. The molecule has 0 saturated heterocycles. The number of nitrogens with zero attached hydrogens (tertiary/aromatic N) is 2. The molecule has 26 heavy (non-hydrogen) atoms. The first-order chi connectivity index (χ1) is 12.6. The monoisotopic (exact) mass is 346 g/mol. The van der Waals surface area contributed by atoms with Gasteiger partial charge < -0.3 is 15.0 Å². The van der Waals surface area contributed by atoms with E-state index < -0.39 is 0 Å². The molecule has 0 fully saturated rings. The van der Waals surface area contributed by atoms with E-state index in [4.69, 9.17) is 5.41 Å². The topological polar surface area (TPSA) is 93.1 Å². The summed E-state index contributed by atoms with van der Waals surface area (Å²) in [5, 5.41) is 19.3. The summed E-state index contributed by atoms with van der Waals surface area (Å²) in [6, 6.07) is 17.0. The highest BCUT2D eigenvalue weighted by molar-refractivity contribution is 6.22. The van der Waals surface area contributed by atoms with Gasteiger partial charge in [0.1, 0.15) is 17.4 Å². The van der Waals surface area contributed by atoms with E-state index in [2.05, 4.69) is 9.97 Å². The number of hydrogen-bond donors (Lipinski definition) is 3. The number of nitrogens with one attached hydrogen (secondary N) is 2. The molecule has 2 aromatic carbocycles. The Labute approximate surface area is 150 Å². The highest BCUT2D eigenvalue weighted by Crippen LogP contribution is 2.25. The summed E-state index contributed by atoms with van der Waals surface area (Å²) in [7, 11) is 0. The molecule has 0 unspecified atom stereocenters. The summed E-state index contributed by atoms with van der Waals surface area (Å²) < 4.78 is 0. The second-order valence-electron chi connectivity index (χ2n) is 6.26. The maximum atomic E-state index is 12.3. The van der Waals surface area contributed by atoms with Crippen molar-refractivity contribution in [1.29, 1.82) is 5.41 Å². The van der Waals surface area contributed by atoms with E-state index in [1.165, 1.54) is 5.56 Å². The lowest BCUT2D eigenvalue weighted by Crippen LogP contribution is -2.29. The highest BCUT2D eigenvalue weighted by atomic mass is 16.3. The fraction of sp³-hybridized carbons (Fsp3) is 0.150. The number of benzene rings is 2. The lowest BCUT2D eigenvalue weighted by molar-refractivity contribution is 0.351. The molecule has 0 amide bonds. The Hall–Kier alpha value is -3.41. The minimum Gasteiger partial charge on any atom is -0.510 e. The van der Waals surface area contributed by atoms with Gasteiger partial charge in [0, 0.05) is 6.54 Å². The van der Waals surface area contributed by atoms with Crippen molar-refractivity contribution in [3.63, 3.8) is 0 Å². The van der Waals surface area contributed by atoms with Gasteiger partial charge in [-0.05, 0) is 24.1 Å².